The Morgan fingerprint density at radius 3 is 2.95 bits per heavy atom. The van der Waals surface area contributed by atoms with E-state index >= 15 is 0 Å². The molecule has 0 saturated heterocycles. The predicted molar refractivity (Wildman–Crippen MR) is 78.0 cm³/mol. The fourth-order valence-electron chi connectivity index (χ4n) is 2.28. The Hall–Kier alpha value is -2.14. The van der Waals surface area contributed by atoms with Crippen LogP contribution in [0.5, 0.6) is 0 Å². The van der Waals surface area contributed by atoms with E-state index in [-0.39, 0.29) is 0 Å². The van der Waals surface area contributed by atoms with Crippen LogP contribution < -0.4 is 0 Å². The topological polar surface area (TPSA) is 46.0 Å². The van der Waals surface area contributed by atoms with Gasteiger partial charge < -0.3 is 4.98 Å². The average molecular weight is 313 g/mol. The normalized spacial score (nSPS) is 11.4. The van der Waals surface area contributed by atoms with Crippen LogP contribution in [0.2, 0.25) is 0 Å². The molecule has 0 saturated carbocycles. The summed E-state index contributed by atoms with van der Waals surface area (Å²) in [5, 5.41) is 5.77. The summed E-state index contributed by atoms with van der Waals surface area (Å²) in [6, 6.07) is 12.2. The number of fused-ring (bicyclic) bond motifs is 2. The van der Waals surface area contributed by atoms with Crippen molar-refractivity contribution >= 4 is 32.5 Å². The molecule has 0 bridgehead atoms. The Balaban J connectivity index is 1.98. The molecule has 4 nitrogen and oxygen atoms in total. The Morgan fingerprint density at radius 1 is 1.11 bits per heavy atom. The van der Waals surface area contributed by atoms with Crippen LogP contribution in [0.3, 0.4) is 0 Å². The van der Waals surface area contributed by atoms with Gasteiger partial charge in [-0.2, -0.15) is 5.10 Å². The summed E-state index contributed by atoms with van der Waals surface area (Å²) >= 11 is 3.36. The number of aromatic amines is 1. The predicted octanol–water partition coefficient (Wildman–Crippen LogP) is 3.64. The van der Waals surface area contributed by atoms with Crippen molar-refractivity contribution in [2.75, 3.05) is 0 Å². The SMILES string of the molecule is Brc1cn2nc(-c3c[nH]c4ccccc34)ccc2n1. The number of hydrogen-bond donors (Lipinski definition) is 1. The molecule has 0 aliphatic heterocycles. The molecular formula is C14H9BrN4. The fraction of sp³-hybridized carbons (Fsp3) is 0. The number of para-hydroxylation sites is 1. The second-order valence-electron chi connectivity index (χ2n) is 4.33. The fourth-order valence-corrected chi connectivity index (χ4v) is 2.66. The van der Waals surface area contributed by atoms with Gasteiger partial charge in [0.2, 0.25) is 0 Å². The third-order valence-corrected chi connectivity index (χ3v) is 3.54. The van der Waals surface area contributed by atoms with Gasteiger partial charge in [-0.15, -0.1) is 0 Å². The molecule has 0 fully saturated rings. The molecule has 19 heavy (non-hydrogen) atoms. The molecule has 3 heterocycles. The third kappa shape index (κ3) is 1.66. The average Bonchev–Trinajstić information content (AvgIpc) is 2.99. The van der Waals surface area contributed by atoms with Gasteiger partial charge in [-0.3, -0.25) is 0 Å². The van der Waals surface area contributed by atoms with E-state index < -0.39 is 0 Å². The summed E-state index contributed by atoms with van der Waals surface area (Å²) in [4.78, 5) is 7.57. The number of rotatable bonds is 1. The van der Waals surface area contributed by atoms with E-state index in [0.29, 0.717) is 0 Å². The molecular weight excluding hydrogens is 304 g/mol. The van der Waals surface area contributed by atoms with Crippen LogP contribution in [-0.4, -0.2) is 19.6 Å². The molecule has 4 rings (SSSR count). The summed E-state index contributed by atoms with van der Waals surface area (Å²) < 4.78 is 2.57. The van der Waals surface area contributed by atoms with Gasteiger partial charge in [-0.1, -0.05) is 18.2 Å². The van der Waals surface area contributed by atoms with Crippen LogP contribution >= 0.6 is 15.9 Å². The van der Waals surface area contributed by atoms with Crippen LogP contribution in [0.4, 0.5) is 0 Å². The lowest BCUT2D eigenvalue weighted by Crippen LogP contribution is -1.92. The maximum atomic E-state index is 4.59. The second kappa shape index (κ2) is 3.93. The molecule has 1 N–H and O–H groups in total. The van der Waals surface area contributed by atoms with E-state index in [1.807, 2.05) is 36.7 Å². The molecule has 1 aromatic carbocycles. The van der Waals surface area contributed by atoms with Crippen LogP contribution in [0.15, 0.2) is 53.4 Å². The lowest BCUT2D eigenvalue weighted by Gasteiger charge is -1.99. The highest BCUT2D eigenvalue weighted by molar-refractivity contribution is 9.10. The standard InChI is InChI=1S/C14H9BrN4/c15-13-8-19-14(17-13)6-5-12(18-19)10-7-16-11-4-2-1-3-9(10)11/h1-8,16H. The van der Waals surface area contributed by atoms with E-state index in [1.54, 1.807) is 4.52 Å². The Kier molecular flexibility index (Phi) is 2.22. The molecule has 0 radical (unpaired) electrons. The van der Waals surface area contributed by atoms with Crippen molar-refractivity contribution in [1.82, 2.24) is 19.6 Å². The number of halogens is 1. The van der Waals surface area contributed by atoms with Crippen molar-refractivity contribution in [1.29, 1.82) is 0 Å². The maximum Gasteiger partial charge on any atom is 0.154 e. The molecule has 3 aromatic heterocycles. The molecule has 4 aromatic rings. The highest BCUT2D eigenvalue weighted by Gasteiger charge is 2.08. The van der Waals surface area contributed by atoms with Crippen LogP contribution in [-0.2, 0) is 0 Å². The summed E-state index contributed by atoms with van der Waals surface area (Å²) in [6.07, 6.45) is 3.85. The van der Waals surface area contributed by atoms with E-state index in [2.05, 4.69) is 43.1 Å². The van der Waals surface area contributed by atoms with Crippen molar-refractivity contribution in [2.24, 2.45) is 0 Å². The highest BCUT2D eigenvalue weighted by atomic mass is 79.9. The lowest BCUT2D eigenvalue weighted by molar-refractivity contribution is 0.942. The molecule has 0 amide bonds. The molecule has 92 valence electrons. The largest absolute Gasteiger partial charge is 0.360 e. The molecule has 0 unspecified atom stereocenters. The van der Waals surface area contributed by atoms with Crippen LogP contribution in [0.25, 0.3) is 27.8 Å². The first-order chi connectivity index (χ1) is 9.31. The molecule has 0 atom stereocenters. The Morgan fingerprint density at radius 2 is 2.00 bits per heavy atom. The van der Waals surface area contributed by atoms with Crippen molar-refractivity contribution < 1.29 is 0 Å². The van der Waals surface area contributed by atoms with E-state index in [4.69, 9.17) is 0 Å². The molecule has 0 aliphatic rings. The Labute approximate surface area is 117 Å². The zero-order valence-corrected chi connectivity index (χ0v) is 11.4. The monoisotopic (exact) mass is 312 g/mol. The Bertz CT molecular complexity index is 891. The lowest BCUT2D eigenvalue weighted by atomic mass is 10.1. The summed E-state index contributed by atoms with van der Waals surface area (Å²) in [7, 11) is 0. The van der Waals surface area contributed by atoms with Gasteiger partial charge in [0.25, 0.3) is 0 Å². The van der Waals surface area contributed by atoms with Gasteiger partial charge in [-0.25, -0.2) is 9.50 Å². The van der Waals surface area contributed by atoms with Crippen LogP contribution in [0.1, 0.15) is 0 Å². The van der Waals surface area contributed by atoms with Crippen molar-refractivity contribution in [3.05, 3.63) is 53.4 Å². The number of imidazole rings is 1. The zero-order chi connectivity index (χ0) is 12.8. The number of H-pyrrole nitrogens is 1. The maximum absolute atomic E-state index is 4.59. The highest BCUT2D eigenvalue weighted by Crippen LogP contribution is 2.27. The number of hydrogen-bond acceptors (Lipinski definition) is 2. The van der Waals surface area contributed by atoms with E-state index in [9.17, 15) is 0 Å². The van der Waals surface area contributed by atoms with Crippen molar-refractivity contribution in [3.63, 3.8) is 0 Å². The van der Waals surface area contributed by atoms with E-state index in [0.717, 1.165) is 27.0 Å². The summed E-state index contributed by atoms with van der Waals surface area (Å²) in [6.45, 7) is 0. The third-order valence-electron chi connectivity index (χ3n) is 3.16. The summed E-state index contributed by atoms with van der Waals surface area (Å²) in [5.41, 5.74) is 3.97. The van der Waals surface area contributed by atoms with E-state index in [1.165, 1.54) is 5.39 Å². The molecule has 5 heteroatoms. The number of nitrogens with zero attached hydrogens (tertiary/aromatic N) is 3. The second-order valence-corrected chi connectivity index (χ2v) is 5.15. The first-order valence-corrected chi connectivity index (χ1v) is 6.69. The van der Waals surface area contributed by atoms with Gasteiger partial charge in [0.15, 0.2) is 5.65 Å². The van der Waals surface area contributed by atoms with Gasteiger partial charge in [-0.05, 0) is 34.1 Å². The first kappa shape index (κ1) is 10.8. The van der Waals surface area contributed by atoms with Gasteiger partial charge in [0.05, 0.1) is 11.9 Å². The minimum absolute atomic E-state index is 0.788. The summed E-state index contributed by atoms with van der Waals surface area (Å²) in [5.74, 6) is 0. The quantitative estimate of drug-likeness (QED) is 0.583. The molecule has 0 aliphatic carbocycles. The van der Waals surface area contributed by atoms with Crippen molar-refractivity contribution in [3.8, 4) is 11.3 Å². The van der Waals surface area contributed by atoms with Gasteiger partial charge >= 0.3 is 0 Å². The number of aromatic nitrogens is 4. The zero-order valence-electron chi connectivity index (χ0n) is 9.84. The minimum atomic E-state index is 0.788. The van der Waals surface area contributed by atoms with Crippen LogP contribution in [0, 0.1) is 0 Å². The van der Waals surface area contributed by atoms with Crippen molar-refractivity contribution in [2.45, 2.75) is 0 Å². The first-order valence-electron chi connectivity index (χ1n) is 5.90. The smallest absolute Gasteiger partial charge is 0.154 e. The minimum Gasteiger partial charge on any atom is -0.360 e. The number of benzene rings is 1. The molecule has 0 spiro atoms. The van der Waals surface area contributed by atoms with Gasteiger partial charge in [0, 0.05) is 22.7 Å². The number of nitrogens with one attached hydrogen (secondary N) is 1. The van der Waals surface area contributed by atoms with Gasteiger partial charge in [0.1, 0.15) is 4.60 Å².